The Morgan fingerprint density at radius 1 is 1.40 bits per heavy atom. The first-order valence-electron chi connectivity index (χ1n) is 5.81. The van der Waals surface area contributed by atoms with Gasteiger partial charge in [-0.3, -0.25) is 0 Å². The summed E-state index contributed by atoms with van der Waals surface area (Å²) < 4.78 is 0. The maximum Gasteiger partial charge on any atom is 0.0402 e. The minimum atomic E-state index is 0.117. The van der Waals surface area contributed by atoms with Crippen LogP contribution in [0, 0.1) is 0 Å². The molecule has 80 valence electrons. The summed E-state index contributed by atoms with van der Waals surface area (Å²) >= 11 is 0. The lowest BCUT2D eigenvalue weighted by Gasteiger charge is -2.28. The van der Waals surface area contributed by atoms with Crippen molar-refractivity contribution >= 4 is 5.69 Å². The molecule has 0 radical (unpaired) electrons. The third-order valence-corrected chi connectivity index (χ3v) is 3.73. The van der Waals surface area contributed by atoms with Gasteiger partial charge < -0.3 is 10.6 Å². The molecule has 0 bridgehead atoms. The van der Waals surface area contributed by atoms with Crippen LogP contribution in [-0.2, 0) is 6.42 Å². The van der Waals surface area contributed by atoms with Gasteiger partial charge in [-0.15, -0.1) is 0 Å². The Bertz CT molecular complexity index is 382. The molecule has 0 spiro atoms. The van der Waals surface area contributed by atoms with E-state index in [1.807, 2.05) is 0 Å². The van der Waals surface area contributed by atoms with E-state index in [9.17, 15) is 0 Å². The smallest absolute Gasteiger partial charge is 0.0402 e. The molecule has 2 aliphatic rings. The molecule has 1 unspecified atom stereocenters. The van der Waals surface area contributed by atoms with Crippen molar-refractivity contribution in [2.24, 2.45) is 5.73 Å². The van der Waals surface area contributed by atoms with E-state index in [1.54, 1.807) is 0 Å². The molecule has 3 rings (SSSR count). The van der Waals surface area contributed by atoms with E-state index in [2.05, 4.69) is 36.1 Å². The van der Waals surface area contributed by atoms with Crippen LogP contribution >= 0.6 is 0 Å². The summed E-state index contributed by atoms with van der Waals surface area (Å²) in [5, 5.41) is 0. The van der Waals surface area contributed by atoms with E-state index < -0.39 is 0 Å². The molecular formula is C13H18N2. The van der Waals surface area contributed by atoms with Crippen molar-refractivity contribution in [2.75, 3.05) is 11.4 Å². The highest BCUT2D eigenvalue weighted by molar-refractivity contribution is 5.59. The molecule has 1 heterocycles. The Hall–Kier alpha value is -1.02. The average Bonchev–Trinajstić information content (AvgIpc) is 2.86. The zero-order chi connectivity index (χ0) is 10.5. The molecule has 1 atom stereocenters. The Kier molecular flexibility index (Phi) is 1.84. The maximum atomic E-state index is 6.20. The molecule has 1 aromatic carbocycles. The number of para-hydroxylation sites is 1. The van der Waals surface area contributed by atoms with Gasteiger partial charge in [-0.1, -0.05) is 18.2 Å². The molecule has 2 N–H and O–H groups in total. The van der Waals surface area contributed by atoms with Gasteiger partial charge in [-0.2, -0.15) is 0 Å². The normalized spacial score (nSPS) is 26.5. The first kappa shape index (κ1) is 9.22. The van der Waals surface area contributed by atoms with Crippen LogP contribution in [0.3, 0.4) is 0 Å². The summed E-state index contributed by atoms with van der Waals surface area (Å²) in [6.07, 6.45) is 3.56. The van der Waals surface area contributed by atoms with Crippen LogP contribution in [-0.4, -0.2) is 18.1 Å². The lowest BCUT2D eigenvalue weighted by molar-refractivity contribution is 0.585. The lowest BCUT2D eigenvalue weighted by Crippen LogP contribution is -2.42. The number of nitrogens with zero attached hydrogens (tertiary/aromatic N) is 1. The minimum Gasteiger partial charge on any atom is -0.366 e. The number of hydrogen-bond donors (Lipinski definition) is 1. The summed E-state index contributed by atoms with van der Waals surface area (Å²) in [6, 6.07) is 9.33. The molecule has 1 aromatic rings. The molecule has 0 aromatic heterocycles. The van der Waals surface area contributed by atoms with Crippen molar-refractivity contribution in [3.63, 3.8) is 0 Å². The van der Waals surface area contributed by atoms with Gasteiger partial charge in [0.1, 0.15) is 0 Å². The van der Waals surface area contributed by atoms with E-state index in [-0.39, 0.29) is 5.54 Å². The highest BCUT2D eigenvalue weighted by atomic mass is 15.2. The van der Waals surface area contributed by atoms with Gasteiger partial charge in [0.05, 0.1) is 0 Å². The average molecular weight is 202 g/mol. The van der Waals surface area contributed by atoms with Gasteiger partial charge in [-0.25, -0.2) is 0 Å². The van der Waals surface area contributed by atoms with Crippen LogP contribution in [0.5, 0.6) is 0 Å². The van der Waals surface area contributed by atoms with E-state index >= 15 is 0 Å². The predicted molar refractivity (Wildman–Crippen MR) is 63.1 cm³/mol. The zero-order valence-corrected chi connectivity index (χ0v) is 9.24. The molecule has 1 fully saturated rings. The van der Waals surface area contributed by atoms with Crippen LogP contribution in [0.4, 0.5) is 5.69 Å². The summed E-state index contributed by atoms with van der Waals surface area (Å²) in [5.74, 6) is 0. The van der Waals surface area contributed by atoms with Crippen molar-refractivity contribution in [1.82, 2.24) is 0 Å². The zero-order valence-electron chi connectivity index (χ0n) is 9.24. The quantitative estimate of drug-likeness (QED) is 0.794. The summed E-state index contributed by atoms with van der Waals surface area (Å²) in [6.45, 7) is 3.33. The molecular weight excluding hydrogens is 184 g/mol. The number of nitrogens with two attached hydrogens (primary N) is 1. The molecule has 1 saturated carbocycles. The lowest BCUT2D eigenvalue weighted by atomic mass is 10.1. The second kappa shape index (κ2) is 2.99. The van der Waals surface area contributed by atoms with E-state index in [4.69, 9.17) is 5.73 Å². The summed E-state index contributed by atoms with van der Waals surface area (Å²) in [4.78, 5) is 2.49. The highest BCUT2D eigenvalue weighted by Crippen LogP contribution is 2.38. The summed E-state index contributed by atoms with van der Waals surface area (Å²) in [5.41, 5.74) is 9.21. The predicted octanol–water partition coefficient (Wildman–Crippen LogP) is 1.93. The number of fused-ring (bicyclic) bond motifs is 1. The van der Waals surface area contributed by atoms with Crippen molar-refractivity contribution in [2.45, 2.75) is 37.8 Å². The van der Waals surface area contributed by atoms with Crippen molar-refractivity contribution in [3.05, 3.63) is 29.8 Å². The summed E-state index contributed by atoms with van der Waals surface area (Å²) in [7, 11) is 0. The first-order valence-corrected chi connectivity index (χ1v) is 5.81. The van der Waals surface area contributed by atoms with Gasteiger partial charge in [0.2, 0.25) is 0 Å². The molecule has 0 amide bonds. The second-order valence-corrected chi connectivity index (χ2v) is 5.17. The van der Waals surface area contributed by atoms with Crippen LogP contribution in [0.1, 0.15) is 25.3 Å². The van der Waals surface area contributed by atoms with Crippen LogP contribution < -0.4 is 10.6 Å². The number of rotatable bonds is 2. The molecule has 2 nitrogen and oxygen atoms in total. The maximum absolute atomic E-state index is 6.20. The number of benzene rings is 1. The second-order valence-electron chi connectivity index (χ2n) is 5.17. The van der Waals surface area contributed by atoms with Crippen molar-refractivity contribution in [1.29, 1.82) is 0 Å². The molecule has 2 heteroatoms. The Labute approximate surface area is 91.1 Å². The first-order chi connectivity index (χ1) is 7.18. The fraction of sp³-hybridized carbons (Fsp3) is 0.538. The van der Waals surface area contributed by atoms with Gasteiger partial charge in [-0.05, 0) is 37.8 Å². The van der Waals surface area contributed by atoms with E-state index in [1.165, 1.54) is 30.5 Å². The number of hydrogen-bond acceptors (Lipinski definition) is 2. The van der Waals surface area contributed by atoms with Gasteiger partial charge >= 0.3 is 0 Å². The Balaban J connectivity index is 1.88. The molecule has 1 aliphatic carbocycles. The molecule has 1 aliphatic heterocycles. The topological polar surface area (TPSA) is 29.3 Å². The monoisotopic (exact) mass is 202 g/mol. The fourth-order valence-electron chi connectivity index (χ4n) is 2.53. The largest absolute Gasteiger partial charge is 0.366 e. The third kappa shape index (κ3) is 1.53. The highest BCUT2D eigenvalue weighted by Gasteiger charge is 2.42. The molecule has 15 heavy (non-hydrogen) atoms. The minimum absolute atomic E-state index is 0.117. The standard InChI is InChI=1S/C13H18N2/c1-10-8-11-4-2-3-5-12(11)15(10)9-13(14)6-7-13/h2-5,10H,6-9,14H2,1H3. The van der Waals surface area contributed by atoms with Crippen LogP contribution in [0.25, 0.3) is 0 Å². The van der Waals surface area contributed by atoms with E-state index in [0.717, 1.165) is 6.54 Å². The van der Waals surface area contributed by atoms with Crippen LogP contribution in [0.15, 0.2) is 24.3 Å². The van der Waals surface area contributed by atoms with Gasteiger partial charge in [0.15, 0.2) is 0 Å². The Morgan fingerprint density at radius 2 is 2.13 bits per heavy atom. The molecule has 0 saturated heterocycles. The fourth-order valence-corrected chi connectivity index (χ4v) is 2.53. The van der Waals surface area contributed by atoms with E-state index in [0.29, 0.717) is 6.04 Å². The SMILES string of the molecule is CC1Cc2ccccc2N1CC1(N)CC1. The Morgan fingerprint density at radius 3 is 2.87 bits per heavy atom. The van der Waals surface area contributed by atoms with Crippen molar-refractivity contribution < 1.29 is 0 Å². The third-order valence-electron chi connectivity index (χ3n) is 3.73. The van der Waals surface area contributed by atoms with Crippen LogP contribution in [0.2, 0.25) is 0 Å². The number of anilines is 1. The van der Waals surface area contributed by atoms with Gasteiger partial charge in [0.25, 0.3) is 0 Å². The van der Waals surface area contributed by atoms with Crippen molar-refractivity contribution in [3.8, 4) is 0 Å². The van der Waals surface area contributed by atoms with Gasteiger partial charge in [0, 0.05) is 23.8 Å².